The molecule has 0 spiro atoms. The second-order valence-corrected chi connectivity index (χ2v) is 8.67. The van der Waals surface area contributed by atoms with E-state index in [4.69, 9.17) is 4.99 Å². The maximum absolute atomic E-state index is 5.03. The average molecular weight is 496 g/mol. The van der Waals surface area contributed by atoms with E-state index in [0.29, 0.717) is 0 Å². The van der Waals surface area contributed by atoms with Crippen LogP contribution in [0.15, 0.2) is 35.3 Å². The number of hydrogen-bond donors (Lipinski definition) is 1. The fourth-order valence-corrected chi connectivity index (χ4v) is 4.87. The van der Waals surface area contributed by atoms with Gasteiger partial charge in [0, 0.05) is 32.7 Å². The first-order valence-electron chi connectivity index (χ1n) is 11.1. The zero-order valence-electron chi connectivity index (χ0n) is 17.4. The third-order valence-corrected chi connectivity index (χ3v) is 6.51. The molecule has 2 saturated heterocycles. The fourth-order valence-electron chi connectivity index (χ4n) is 4.87. The summed E-state index contributed by atoms with van der Waals surface area (Å²) in [6.45, 7) is 10.4. The van der Waals surface area contributed by atoms with E-state index >= 15 is 0 Å². The molecule has 2 heterocycles. The van der Waals surface area contributed by atoms with E-state index in [9.17, 15) is 0 Å². The Labute approximate surface area is 188 Å². The van der Waals surface area contributed by atoms with Crippen molar-refractivity contribution in [2.24, 2.45) is 16.8 Å². The summed E-state index contributed by atoms with van der Waals surface area (Å²) >= 11 is 0. The Balaban J connectivity index is 0.00000225. The second-order valence-electron chi connectivity index (χ2n) is 8.67. The van der Waals surface area contributed by atoms with E-state index in [-0.39, 0.29) is 24.0 Å². The van der Waals surface area contributed by atoms with Crippen molar-refractivity contribution in [1.29, 1.82) is 0 Å². The van der Waals surface area contributed by atoms with Crippen LogP contribution < -0.4 is 5.32 Å². The second kappa shape index (κ2) is 10.8. The van der Waals surface area contributed by atoms with Gasteiger partial charge in [0.2, 0.25) is 0 Å². The van der Waals surface area contributed by atoms with Crippen molar-refractivity contribution >= 4 is 29.9 Å². The third-order valence-electron chi connectivity index (χ3n) is 6.51. The van der Waals surface area contributed by atoms with Gasteiger partial charge in [0.15, 0.2) is 5.96 Å². The predicted octanol–water partition coefficient (Wildman–Crippen LogP) is 4.18. The van der Waals surface area contributed by atoms with Crippen molar-refractivity contribution in [3.63, 3.8) is 0 Å². The van der Waals surface area contributed by atoms with Gasteiger partial charge in [-0.3, -0.25) is 4.99 Å². The van der Waals surface area contributed by atoms with Crippen molar-refractivity contribution in [3.05, 3.63) is 35.9 Å². The molecule has 3 unspecified atom stereocenters. The molecule has 2 aliphatic heterocycles. The highest BCUT2D eigenvalue weighted by Crippen LogP contribution is 2.47. The molecule has 0 amide bonds. The quantitative estimate of drug-likeness (QED) is 0.364. The van der Waals surface area contributed by atoms with E-state index in [1.807, 2.05) is 0 Å². The molecule has 1 saturated carbocycles. The van der Waals surface area contributed by atoms with Crippen molar-refractivity contribution < 1.29 is 0 Å². The van der Waals surface area contributed by atoms with Gasteiger partial charge in [-0.15, -0.1) is 24.0 Å². The third kappa shape index (κ3) is 5.85. The van der Waals surface area contributed by atoms with Crippen LogP contribution >= 0.6 is 24.0 Å². The van der Waals surface area contributed by atoms with Crippen molar-refractivity contribution in [2.75, 3.05) is 45.8 Å². The van der Waals surface area contributed by atoms with Crippen LogP contribution in [0.25, 0.3) is 0 Å². The number of nitrogens with one attached hydrogen (secondary N) is 1. The van der Waals surface area contributed by atoms with Crippen LogP contribution in [0.2, 0.25) is 0 Å². The lowest BCUT2D eigenvalue weighted by atomic mass is 10.1. The maximum atomic E-state index is 5.03. The average Bonchev–Trinajstić information content (AvgIpc) is 3.35. The Morgan fingerprint density at radius 2 is 1.89 bits per heavy atom. The molecule has 28 heavy (non-hydrogen) atoms. The van der Waals surface area contributed by atoms with Gasteiger partial charge in [-0.05, 0) is 69.0 Å². The normalized spacial score (nSPS) is 28.1. The first-order valence-corrected chi connectivity index (χ1v) is 11.1. The molecule has 1 aromatic carbocycles. The summed E-state index contributed by atoms with van der Waals surface area (Å²) in [5.41, 5.74) is 1.49. The summed E-state index contributed by atoms with van der Waals surface area (Å²) in [6, 6.07) is 11.0. The number of guanidine groups is 1. The van der Waals surface area contributed by atoms with E-state index < -0.39 is 0 Å². The molecule has 3 fully saturated rings. The number of hydrogen-bond acceptors (Lipinski definition) is 2. The van der Waals surface area contributed by atoms with Crippen molar-refractivity contribution in [2.45, 2.75) is 44.9 Å². The number of aliphatic imine (C=N–C) groups is 1. The summed E-state index contributed by atoms with van der Waals surface area (Å²) in [6.07, 6.45) is 6.83. The number of benzene rings is 1. The molecule has 1 N–H and O–H groups in total. The largest absolute Gasteiger partial charge is 0.357 e. The molecule has 4 nitrogen and oxygen atoms in total. The van der Waals surface area contributed by atoms with Crippen molar-refractivity contribution in [1.82, 2.24) is 15.1 Å². The van der Waals surface area contributed by atoms with Crippen LogP contribution in [0.4, 0.5) is 0 Å². The van der Waals surface area contributed by atoms with E-state index in [1.54, 1.807) is 0 Å². The highest BCUT2D eigenvalue weighted by molar-refractivity contribution is 14.0. The Kier molecular flexibility index (Phi) is 8.45. The smallest absolute Gasteiger partial charge is 0.193 e. The lowest BCUT2D eigenvalue weighted by molar-refractivity contribution is 0.198. The van der Waals surface area contributed by atoms with Crippen LogP contribution in [0.1, 0.15) is 50.5 Å². The molecule has 156 valence electrons. The zero-order chi connectivity index (χ0) is 18.5. The Bertz CT molecular complexity index is 614. The number of piperidine rings is 1. The molecule has 0 radical (unpaired) electrons. The molecular weight excluding hydrogens is 459 g/mol. The van der Waals surface area contributed by atoms with Crippen LogP contribution in [0, 0.1) is 11.8 Å². The van der Waals surface area contributed by atoms with Crippen LogP contribution in [-0.2, 0) is 0 Å². The molecule has 5 heteroatoms. The van der Waals surface area contributed by atoms with Gasteiger partial charge in [-0.25, -0.2) is 0 Å². The number of nitrogens with zero attached hydrogens (tertiary/aromatic N) is 3. The molecule has 1 aromatic rings. The topological polar surface area (TPSA) is 30.9 Å². The van der Waals surface area contributed by atoms with Gasteiger partial charge in [-0.2, -0.15) is 0 Å². The van der Waals surface area contributed by atoms with Gasteiger partial charge in [-0.1, -0.05) is 36.8 Å². The summed E-state index contributed by atoms with van der Waals surface area (Å²) in [4.78, 5) is 10.2. The minimum Gasteiger partial charge on any atom is -0.357 e. The Hall–Kier alpha value is -0.820. The van der Waals surface area contributed by atoms with E-state index in [2.05, 4.69) is 52.4 Å². The summed E-state index contributed by atoms with van der Waals surface area (Å²) < 4.78 is 0. The van der Waals surface area contributed by atoms with Crippen LogP contribution in [0.5, 0.6) is 0 Å². The van der Waals surface area contributed by atoms with E-state index in [1.165, 1.54) is 63.8 Å². The molecule has 3 aliphatic rings. The van der Waals surface area contributed by atoms with Gasteiger partial charge in [0.1, 0.15) is 0 Å². The SMILES string of the molecule is CCNC(=NCC1CC1c1ccccc1)N1CCC(CN2CCCCC2)C1.I. The molecule has 3 atom stereocenters. The number of rotatable bonds is 6. The van der Waals surface area contributed by atoms with Crippen molar-refractivity contribution in [3.8, 4) is 0 Å². The fraction of sp³-hybridized carbons (Fsp3) is 0.696. The minimum atomic E-state index is 0. The Morgan fingerprint density at radius 1 is 1.11 bits per heavy atom. The van der Waals surface area contributed by atoms with Gasteiger partial charge >= 0.3 is 0 Å². The monoisotopic (exact) mass is 496 g/mol. The van der Waals surface area contributed by atoms with Crippen LogP contribution in [0.3, 0.4) is 0 Å². The first kappa shape index (κ1) is 21.9. The number of likely N-dealkylation sites (tertiary alicyclic amines) is 2. The van der Waals surface area contributed by atoms with Gasteiger partial charge in [0.25, 0.3) is 0 Å². The maximum Gasteiger partial charge on any atom is 0.193 e. The molecule has 1 aliphatic carbocycles. The molecular formula is C23H37IN4. The van der Waals surface area contributed by atoms with Gasteiger partial charge < -0.3 is 15.1 Å². The predicted molar refractivity (Wildman–Crippen MR) is 129 cm³/mol. The summed E-state index contributed by atoms with van der Waals surface area (Å²) in [5.74, 6) is 3.42. The molecule has 0 aromatic heterocycles. The number of halogens is 1. The highest BCUT2D eigenvalue weighted by Gasteiger charge is 2.38. The Morgan fingerprint density at radius 3 is 2.64 bits per heavy atom. The lowest BCUT2D eigenvalue weighted by Crippen LogP contribution is -2.41. The molecule has 0 bridgehead atoms. The molecule has 4 rings (SSSR count). The van der Waals surface area contributed by atoms with E-state index in [0.717, 1.165) is 43.3 Å². The van der Waals surface area contributed by atoms with Crippen LogP contribution in [-0.4, -0.2) is 61.6 Å². The summed E-state index contributed by atoms with van der Waals surface area (Å²) in [7, 11) is 0. The highest BCUT2D eigenvalue weighted by atomic mass is 127. The first-order chi connectivity index (χ1) is 13.3. The zero-order valence-corrected chi connectivity index (χ0v) is 19.7. The summed E-state index contributed by atoms with van der Waals surface area (Å²) in [5, 5.41) is 3.55. The standard InChI is InChI=1S/C23H36N4.HI/c1-2-24-23(25-16-21-15-22(21)20-9-5-3-6-10-20)27-14-11-19(18-27)17-26-12-7-4-8-13-26;/h3,5-6,9-10,19,21-22H,2,4,7-8,11-18H2,1H3,(H,24,25);1H. The van der Waals surface area contributed by atoms with Gasteiger partial charge in [0.05, 0.1) is 0 Å². The lowest BCUT2D eigenvalue weighted by Gasteiger charge is -2.29. The minimum absolute atomic E-state index is 0.